The molecule has 2 fully saturated rings. The van der Waals surface area contributed by atoms with Crippen LogP contribution in [0.5, 0.6) is 0 Å². The molecule has 2 aliphatic rings. The van der Waals surface area contributed by atoms with Gasteiger partial charge < -0.3 is 10.1 Å². The summed E-state index contributed by atoms with van der Waals surface area (Å²) in [6.07, 6.45) is 5.77. The Hall–Kier alpha value is -1.64. The number of nitrogens with zero attached hydrogens (tertiary/aromatic N) is 3. The van der Waals surface area contributed by atoms with Gasteiger partial charge in [-0.05, 0) is 31.5 Å². The summed E-state index contributed by atoms with van der Waals surface area (Å²) in [6, 6.07) is 6.32. The smallest absolute Gasteiger partial charge is 0.143 e. The number of fused-ring (bicyclic) bond motifs is 1. The zero-order chi connectivity index (χ0) is 13.8. The Balaban J connectivity index is 1.55. The Morgan fingerprint density at radius 2 is 2.45 bits per heavy atom. The fraction of sp³-hybridized carbons (Fsp3) is 0.600. The molecule has 5 heteroatoms. The number of nitrogens with one attached hydrogen (secondary N) is 1. The number of morpholine rings is 1. The molecular formula is C15H20N4O. The van der Waals surface area contributed by atoms with Crippen LogP contribution in [-0.2, 0) is 4.74 Å². The highest BCUT2D eigenvalue weighted by atomic mass is 16.5. The molecule has 0 bridgehead atoms. The van der Waals surface area contributed by atoms with Crippen LogP contribution >= 0.6 is 0 Å². The summed E-state index contributed by atoms with van der Waals surface area (Å²) >= 11 is 0. The highest BCUT2D eigenvalue weighted by molar-refractivity contribution is 5.51. The fourth-order valence-electron chi connectivity index (χ4n) is 3.02. The fourth-order valence-corrected chi connectivity index (χ4v) is 3.02. The number of nitriles is 1. The number of hydrogen-bond acceptors (Lipinski definition) is 5. The Bertz CT molecular complexity index is 499. The van der Waals surface area contributed by atoms with Crippen molar-refractivity contribution in [1.82, 2.24) is 9.88 Å². The molecular weight excluding hydrogens is 252 g/mol. The first-order chi connectivity index (χ1) is 9.86. The molecule has 2 aliphatic heterocycles. The lowest BCUT2D eigenvalue weighted by atomic mass is 10.0. The van der Waals surface area contributed by atoms with Gasteiger partial charge in [0.25, 0.3) is 0 Å². The number of pyridine rings is 1. The molecule has 1 N–H and O–H groups in total. The van der Waals surface area contributed by atoms with Gasteiger partial charge in [0.2, 0.25) is 0 Å². The van der Waals surface area contributed by atoms with Gasteiger partial charge in [0.05, 0.1) is 18.3 Å². The third kappa shape index (κ3) is 2.92. The largest absolute Gasteiger partial charge is 0.373 e. The standard InChI is InChI=1S/C15H20N4O/c16-8-12-4-3-6-17-15(12)18-9-14-10-19-7-2-1-5-13(19)11-20-14/h3-4,6,13-14H,1-2,5,7,9-11H2,(H,17,18). The van der Waals surface area contributed by atoms with Crippen LogP contribution in [0.2, 0.25) is 0 Å². The molecule has 3 heterocycles. The van der Waals surface area contributed by atoms with Gasteiger partial charge in [0.1, 0.15) is 11.9 Å². The first-order valence-electron chi connectivity index (χ1n) is 7.31. The number of aromatic nitrogens is 1. The molecule has 1 aromatic rings. The highest BCUT2D eigenvalue weighted by Crippen LogP contribution is 2.22. The van der Waals surface area contributed by atoms with Crippen LogP contribution in [0, 0.1) is 11.3 Å². The zero-order valence-electron chi connectivity index (χ0n) is 11.6. The molecule has 5 nitrogen and oxygen atoms in total. The number of rotatable bonds is 3. The van der Waals surface area contributed by atoms with Crippen LogP contribution in [0.4, 0.5) is 5.82 Å². The van der Waals surface area contributed by atoms with Gasteiger partial charge in [0, 0.05) is 25.3 Å². The van der Waals surface area contributed by atoms with Crippen molar-refractivity contribution in [1.29, 1.82) is 5.26 Å². The van der Waals surface area contributed by atoms with Gasteiger partial charge in [-0.15, -0.1) is 0 Å². The van der Waals surface area contributed by atoms with Gasteiger partial charge >= 0.3 is 0 Å². The number of anilines is 1. The number of ether oxygens (including phenoxy) is 1. The van der Waals surface area contributed by atoms with Crippen molar-refractivity contribution < 1.29 is 4.74 Å². The van der Waals surface area contributed by atoms with Gasteiger partial charge in [-0.25, -0.2) is 4.98 Å². The summed E-state index contributed by atoms with van der Waals surface area (Å²) in [5.74, 6) is 0.652. The second-order valence-corrected chi connectivity index (χ2v) is 5.49. The third-order valence-electron chi connectivity index (χ3n) is 4.14. The van der Waals surface area contributed by atoms with Crippen molar-refractivity contribution in [3.63, 3.8) is 0 Å². The highest BCUT2D eigenvalue weighted by Gasteiger charge is 2.30. The van der Waals surface area contributed by atoms with Gasteiger partial charge in [0.15, 0.2) is 0 Å². The van der Waals surface area contributed by atoms with Crippen LogP contribution in [0.15, 0.2) is 18.3 Å². The Morgan fingerprint density at radius 1 is 1.50 bits per heavy atom. The topological polar surface area (TPSA) is 61.2 Å². The van der Waals surface area contributed by atoms with Crippen LogP contribution in [0.1, 0.15) is 24.8 Å². The van der Waals surface area contributed by atoms with E-state index in [1.54, 1.807) is 18.3 Å². The summed E-state index contributed by atoms with van der Waals surface area (Å²) in [5, 5.41) is 12.3. The van der Waals surface area contributed by atoms with Crippen molar-refractivity contribution in [2.45, 2.75) is 31.4 Å². The van der Waals surface area contributed by atoms with E-state index in [9.17, 15) is 0 Å². The molecule has 0 spiro atoms. The van der Waals surface area contributed by atoms with E-state index < -0.39 is 0 Å². The SMILES string of the molecule is N#Cc1cccnc1NCC1CN2CCCCC2CO1. The van der Waals surface area contributed by atoms with Gasteiger partial charge in [-0.3, -0.25) is 4.90 Å². The lowest BCUT2D eigenvalue weighted by Gasteiger charge is -2.42. The lowest BCUT2D eigenvalue weighted by molar-refractivity contribution is -0.0689. The van der Waals surface area contributed by atoms with E-state index in [1.165, 1.54) is 25.8 Å². The first kappa shape index (κ1) is 13.3. The van der Waals surface area contributed by atoms with E-state index in [-0.39, 0.29) is 6.10 Å². The van der Waals surface area contributed by atoms with Crippen molar-refractivity contribution in [2.75, 3.05) is 31.6 Å². The predicted octanol–water partition coefficient (Wildman–Crippen LogP) is 1.62. The first-order valence-corrected chi connectivity index (χ1v) is 7.31. The van der Waals surface area contributed by atoms with E-state index in [0.717, 1.165) is 13.2 Å². The summed E-state index contributed by atoms with van der Waals surface area (Å²) < 4.78 is 5.93. The molecule has 20 heavy (non-hydrogen) atoms. The van der Waals surface area contributed by atoms with Crippen molar-refractivity contribution in [3.05, 3.63) is 23.9 Å². The summed E-state index contributed by atoms with van der Waals surface area (Å²) in [5.41, 5.74) is 0.583. The van der Waals surface area contributed by atoms with E-state index in [0.29, 0.717) is 24.0 Å². The maximum absolute atomic E-state index is 9.04. The normalized spacial score (nSPS) is 26.6. The van der Waals surface area contributed by atoms with E-state index >= 15 is 0 Å². The molecule has 0 amide bonds. The van der Waals surface area contributed by atoms with Gasteiger partial charge in [-0.2, -0.15) is 5.26 Å². The average molecular weight is 272 g/mol. The van der Waals surface area contributed by atoms with Crippen molar-refractivity contribution >= 4 is 5.82 Å². The van der Waals surface area contributed by atoms with E-state index in [2.05, 4.69) is 21.3 Å². The van der Waals surface area contributed by atoms with Gasteiger partial charge in [-0.1, -0.05) is 6.42 Å². The molecule has 3 rings (SSSR count). The van der Waals surface area contributed by atoms with Crippen LogP contribution in [0.25, 0.3) is 0 Å². The third-order valence-corrected chi connectivity index (χ3v) is 4.14. The monoisotopic (exact) mass is 272 g/mol. The zero-order valence-corrected chi connectivity index (χ0v) is 11.6. The summed E-state index contributed by atoms with van der Waals surface area (Å²) in [6.45, 7) is 3.71. The van der Waals surface area contributed by atoms with Crippen LogP contribution < -0.4 is 5.32 Å². The molecule has 2 atom stereocenters. The second kappa shape index (κ2) is 6.21. The van der Waals surface area contributed by atoms with Crippen molar-refractivity contribution in [2.24, 2.45) is 0 Å². The van der Waals surface area contributed by atoms with Crippen molar-refractivity contribution in [3.8, 4) is 6.07 Å². The van der Waals surface area contributed by atoms with Crippen LogP contribution in [-0.4, -0.2) is 48.3 Å². The molecule has 0 saturated carbocycles. The second-order valence-electron chi connectivity index (χ2n) is 5.49. The Morgan fingerprint density at radius 3 is 3.35 bits per heavy atom. The average Bonchev–Trinajstić information content (AvgIpc) is 2.53. The van der Waals surface area contributed by atoms with E-state index in [4.69, 9.17) is 10.00 Å². The maximum atomic E-state index is 9.04. The lowest BCUT2D eigenvalue weighted by Crippen LogP contribution is -2.53. The number of piperidine rings is 1. The predicted molar refractivity (Wildman–Crippen MR) is 76.4 cm³/mol. The summed E-state index contributed by atoms with van der Waals surface area (Å²) in [7, 11) is 0. The summed E-state index contributed by atoms with van der Waals surface area (Å²) in [4.78, 5) is 6.76. The quantitative estimate of drug-likeness (QED) is 0.906. The molecule has 0 radical (unpaired) electrons. The minimum absolute atomic E-state index is 0.179. The molecule has 2 unspecified atom stereocenters. The molecule has 106 valence electrons. The molecule has 0 aromatic carbocycles. The maximum Gasteiger partial charge on any atom is 0.143 e. The van der Waals surface area contributed by atoms with Crippen LogP contribution in [0.3, 0.4) is 0 Å². The van der Waals surface area contributed by atoms with E-state index in [1.807, 2.05) is 0 Å². The molecule has 0 aliphatic carbocycles. The molecule has 1 aromatic heterocycles. The number of hydrogen-bond donors (Lipinski definition) is 1. The Kier molecular flexibility index (Phi) is 4.14. The Labute approximate surface area is 119 Å². The minimum Gasteiger partial charge on any atom is -0.373 e. The molecule has 2 saturated heterocycles. The minimum atomic E-state index is 0.179.